The quantitative estimate of drug-likeness (QED) is 0.474. The van der Waals surface area contributed by atoms with E-state index in [9.17, 15) is 4.79 Å². The molecule has 0 aromatic carbocycles. The fourth-order valence-corrected chi connectivity index (χ4v) is 2.59. The molecular weight excluding hydrogens is 312 g/mol. The summed E-state index contributed by atoms with van der Waals surface area (Å²) < 4.78 is 28.4. The van der Waals surface area contributed by atoms with E-state index in [-0.39, 0.29) is 6.10 Å². The summed E-state index contributed by atoms with van der Waals surface area (Å²) in [5, 5.41) is 0. The van der Waals surface area contributed by atoms with Gasteiger partial charge in [-0.1, -0.05) is 12.2 Å². The highest BCUT2D eigenvalue weighted by molar-refractivity contribution is 5.76. The average Bonchev–Trinajstić information content (AvgIpc) is 2.55. The Morgan fingerprint density at radius 1 is 1.17 bits per heavy atom. The molecule has 1 heterocycles. The van der Waals surface area contributed by atoms with Crippen LogP contribution in [0, 0.1) is 0 Å². The number of methoxy groups -OCH3 is 2. The molecule has 1 rings (SSSR count). The zero-order valence-corrected chi connectivity index (χ0v) is 15.4. The Hall–Kier alpha value is -1.21. The van der Waals surface area contributed by atoms with Gasteiger partial charge in [0.15, 0.2) is 6.10 Å². The van der Waals surface area contributed by atoms with Crippen molar-refractivity contribution in [3.05, 3.63) is 25.3 Å². The van der Waals surface area contributed by atoms with Gasteiger partial charge in [-0.2, -0.15) is 0 Å². The molecule has 24 heavy (non-hydrogen) atoms. The maximum absolute atomic E-state index is 12.6. The molecule has 0 amide bonds. The Morgan fingerprint density at radius 2 is 1.75 bits per heavy atom. The van der Waals surface area contributed by atoms with Gasteiger partial charge in [0, 0.05) is 20.6 Å². The number of rotatable bonds is 9. The van der Waals surface area contributed by atoms with Crippen molar-refractivity contribution in [2.75, 3.05) is 14.2 Å². The van der Waals surface area contributed by atoms with Crippen molar-refractivity contribution in [3.63, 3.8) is 0 Å². The molecule has 0 unspecified atom stereocenters. The second kappa shape index (κ2) is 8.76. The first kappa shape index (κ1) is 20.8. The molecule has 6 nitrogen and oxygen atoms in total. The SMILES string of the molecule is C=CCC[C@@H]1O[C@@](C)(OC)[C@](C)(OC)O[C@H]1C(=O)O[C@H](C)CC=C. The lowest BCUT2D eigenvalue weighted by molar-refractivity contribution is -0.444. The van der Waals surface area contributed by atoms with E-state index >= 15 is 0 Å². The van der Waals surface area contributed by atoms with Gasteiger partial charge >= 0.3 is 5.97 Å². The first-order valence-corrected chi connectivity index (χ1v) is 8.15. The maximum atomic E-state index is 12.6. The van der Waals surface area contributed by atoms with Gasteiger partial charge in [0.2, 0.25) is 11.6 Å². The van der Waals surface area contributed by atoms with Crippen molar-refractivity contribution in [3.8, 4) is 0 Å². The highest BCUT2D eigenvalue weighted by Crippen LogP contribution is 2.40. The smallest absolute Gasteiger partial charge is 0.338 e. The van der Waals surface area contributed by atoms with Crippen LogP contribution in [0.1, 0.15) is 40.0 Å². The minimum Gasteiger partial charge on any atom is -0.460 e. The third kappa shape index (κ3) is 4.45. The van der Waals surface area contributed by atoms with Crippen molar-refractivity contribution in [2.24, 2.45) is 0 Å². The maximum Gasteiger partial charge on any atom is 0.338 e. The lowest BCUT2D eigenvalue weighted by atomic mass is 10.0. The Morgan fingerprint density at radius 3 is 2.25 bits per heavy atom. The van der Waals surface area contributed by atoms with Crippen LogP contribution in [-0.2, 0) is 28.5 Å². The molecule has 1 aliphatic heterocycles. The van der Waals surface area contributed by atoms with Gasteiger partial charge in [0.25, 0.3) is 0 Å². The molecule has 138 valence electrons. The predicted molar refractivity (Wildman–Crippen MR) is 90.4 cm³/mol. The number of carbonyl (C=O) groups is 1. The summed E-state index contributed by atoms with van der Waals surface area (Å²) in [6.07, 6.45) is 3.52. The van der Waals surface area contributed by atoms with E-state index in [1.807, 2.05) is 0 Å². The number of ether oxygens (including phenoxy) is 5. The van der Waals surface area contributed by atoms with Crippen molar-refractivity contribution in [1.82, 2.24) is 0 Å². The van der Waals surface area contributed by atoms with Crippen LogP contribution in [-0.4, -0.2) is 50.1 Å². The van der Waals surface area contributed by atoms with Crippen molar-refractivity contribution >= 4 is 5.97 Å². The zero-order chi connectivity index (χ0) is 18.4. The minimum atomic E-state index is -1.25. The van der Waals surface area contributed by atoms with E-state index in [2.05, 4.69) is 13.2 Å². The van der Waals surface area contributed by atoms with Gasteiger partial charge in [-0.25, -0.2) is 4.79 Å². The highest BCUT2D eigenvalue weighted by Gasteiger charge is 2.58. The van der Waals surface area contributed by atoms with Crippen LogP contribution in [0.3, 0.4) is 0 Å². The van der Waals surface area contributed by atoms with Crippen molar-refractivity contribution in [2.45, 2.75) is 69.9 Å². The van der Waals surface area contributed by atoms with Gasteiger partial charge in [0.1, 0.15) is 6.10 Å². The summed E-state index contributed by atoms with van der Waals surface area (Å²) in [7, 11) is 2.99. The van der Waals surface area contributed by atoms with E-state index in [0.717, 1.165) is 0 Å². The van der Waals surface area contributed by atoms with Gasteiger partial charge < -0.3 is 23.7 Å². The molecule has 0 aromatic rings. The molecule has 0 bridgehead atoms. The molecule has 0 spiro atoms. The Kier molecular flexibility index (Phi) is 7.60. The van der Waals surface area contributed by atoms with E-state index < -0.39 is 29.8 Å². The molecule has 5 atom stereocenters. The van der Waals surface area contributed by atoms with Crippen LogP contribution in [0.25, 0.3) is 0 Å². The van der Waals surface area contributed by atoms with Crippen molar-refractivity contribution < 1.29 is 28.5 Å². The Balaban J connectivity index is 3.02. The summed E-state index contributed by atoms with van der Waals surface area (Å²) in [5.74, 6) is -2.89. The molecule has 0 aromatic heterocycles. The number of allylic oxidation sites excluding steroid dienone is 1. The third-order valence-electron chi connectivity index (χ3n) is 4.37. The molecule has 6 heteroatoms. The lowest BCUT2D eigenvalue weighted by Crippen LogP contribution is -2.66. The summed E-state index contributed by atoms with van der Waals surface area (Å²) in [5.41, 5.74) is 0. The van der Waals surface area contributed by atoms with Crippen LogP contribution in [0.2, 0.25) is 0 Å². The van der Waals surface area contributed by atoms with E-state index in [1.165, 1.54) is 14.2 Å². The van der Waals surface area contributed by atoms with Crippen molar-refractivity contribution in [1.29, 1.82) is 0 Å². The predicted octanol–water partition coefficient (Wildman–Crippen LogP) is 2.97. The van der Waals surface area contributed by atoms with Crippen LogP contribution < -0.4 is 0 Å². The summed E-state index contributed by atoms with van der Waals surface area (Å²) in [6.45, 7) is 12.6. The fraction of sp³-hybridized carbons (Fsp3) is 0.722. The zero-order valence-electron chi connectivity index (χ0n) is 15.4. The fourth-order valence-electron chi connectivity index (χ4n) is 2.59. The molecule has 1 saturated heterocycles. The van der Waals surface area contributed by atoms with Gasteiger partial charge in [-0.3, -0.25) is 0 Å². The number of hydrogen-bond donors (Lipinski definition) is 0. The molecule has 0 saturated carbocycles. The first-order valence-electron chi connectivity index (χ1n) is 8.15. The van der Waals surface area contributed by atoms with Gasteiger partial charge in [-0.05, 0) is 33.6 Å². The second-order valence-corrected chi connectivity index (χ2v) is 6.13. The molecule has 1 fully saturated rings. The Labute approximate surface area is 144 Å². The number of hydrogen-bond acceptors (Lipinski definition) is 6. The Bertz CT molecular complexity index is 451. The normalized spacial score (nSPS) is 34.4. The largest absolute Gasteiger partial charge is 0.460 e. The third-order valence-corrected chi connectivity index (χ3v) is 4.37. The van der Waals surface area contributed by atoms with Crippen LogP contribution in [0.5, 0.6) is 0 Å². The summed E-state index contributed by atoms with van der Waals surface area (Å²) in [6, 6.07) is 0. The molecular formula is C18H30O6. The standard InChI is InChI=1S/C18H30O6/c1-8-10-12-14-15(16(19)22-13(3)11-9-2)24-18(5,21-7)17(4,20-6)23-14/h8-9,13-15H,1-2,10-12H2,3-7H3/t13-,14+,15-,17-,18-/m1/s1. The molecule has 0 radical (unpaired) electrons. The first-order chi connectivity index (χ1) is 11.3. The van der Waals surface area contributed by atoms with Gasteiger partial charge in [-0.15, -0.1) is 13.2 Å². The van der Waals surface area contributed by atoms with E-state index in [0.29, 0.717) is 19.3 Å². The van der Waals surface area contributed by atoms with E-state index in [1.54, 1.807) is 32.9 Å². The molecule has 0 N–H and O–H groups in total. The van der Waals surface area contributed by atoms with Crippen LogP contribution in [0.15, 0.2) is 25.3 Å². The average molecular weight is 342 g/mol. The second-order valence-electron chi connectivity index (χ2n) is 6.13. The summed E-state index contributed by atoms with van der Waals surface area (Å²) >= 11 is 0. The van der Waals surface area contributed by atoms with Crippen LogP contribution in [0.4, 0.5) is 0 Å². The van der Waals surface area contributed by atoms with Crippen LogP contribution >= 0.6 is 0 Å². The number of esters is 1. The van der Waals surface area contributed by atoms with Gasteiger partial charge in [0.05, 0.1) is 6.10 Å². The van der Waals surface area contributed by atoms with E-state index in [4.69, 9.17) is 23.7 Å². The molecule has 0 aliphatic carbocycles. The highest BCUT2D eigenvalue weighted by atomic mass is 16.8. The summed E-state index contributed by atoms with van der Waals surface area (Å²) in [4.78, 5) is 12.6. The monoisotopic (exact) mass is 342 g/mol. The number of carbonyl (C=O) groups excluding carboxylic acids is 1. The topological polar surface area (TPSA) is 63.2 Å². The molecule has 1 aliphatic rings. The minimum absolute atomic E-state index is 0.289. The lowest BCUT2D eigenvalue weighted by Gasteiger charge is -2.51.